The van der Waals surface area contributed by atoms with Gasteiger partial charge in [0.1, 0.15) is 11.4 Å². The highest BCUT2D eigenvalue weighted by Crippen LogP contribution is 2.34. The molecule has 0 spiro atoms. The number of aryl methyl sites for hydroxylation is 2. The van der Waals surface area contributed by atoms with Gasteiger partial charge in [0, 0.05) is 24.5 Å². The van der Waals surface area contributed by atoms with Gasteiger partial charge in [0.05, 0.1) is 12.0 Å². The van der Waals surface area contributed by atoms with Crippen LogP contribution in [0.15, 0.2) is 73.3 Å². The number of halogens is 3. The summed E-state index contributed by atoms with van der Waals surface area (Å²) in [4.78, 5) is 8.66. The Bertz CT molecular complexity index is 1380. The van der Waals surface area contributed by atoms with Gasteiger partial charge in [-0.2, -0.15) is 28.6 Å². The molecule has 0 bridgehead atoms. The molecule has 5 aromatic rings. The van der Waals surface area contributed by atoms with Gasteiger partial charge < -0.3 is 4.57 Å². The Labute approximate surface area is 180 Å². The second-order valence-corrected chi connectivity index (χ2v) is 7.33. The third-order valence-electron chi connectivity index (χ3n) is 5.26. The summed E-state index contributed by atoms with van der Waals surface area (Å²) in [6, 6.07) is 17.5. The fraction of sp³-hybridized carbons (Fsp3) is 0.130. The van der Waals surface area contributed by atoms with E-state index in [0.29, 0.717) is 17.9 Å². The molecule has 0 atom stereocenters. The maximum Gasteiger partial charge on any atom is 0.437 e. The number of fused-ring (bicyclic) bond motifs is 1. The molecule has 0 aliphatic carbocycles. The van der Waals surface area contributed by atoms with E-state index < -0.39 is 11.9 Å². The molecule has 5 rings (SSSR count). The number of hydrogen-bond donors (Lipinski definition) is 1. The number of aromatic amines is 1. The molecule has 0 saturated heterocycles. The van der Waals surface area contributed by atoms with Gasteiger partial charge >= 0.3 is 6.18 Å². The van der Waals surface area contributed by atoms with Gasteiger partial charge in [0.15, 0.2) is 5.69 Å². The van der Waals surface area contributed by atoms with Crippen molar-refractivity contribution in [3.63, 3.8) is 0 Å². The van der Waals surface area contributed by atoms with Gasteiger partial charge in [-0.25, -0.2) is 4.98 Å². The number of benzene rings is 2. The van der Waals surface area contributed by atoms with E-state index in [1.807, 2.05) is 29.0 Å². The van der Waals surface area contributed by atoms with Crippen LogP contribution in [-0.4, -0.2) is 29.9 Å². The van der Waals surface area contributed by atoms with Crippen molar-refractivity contribution in [2.24, 2.45) is 0 Å². The number of H-pyrrole nitrogens is 1. The molecule has 0 unspecified atom stereocenters. The SMILES string of the molecule is FC(F)(F)c1n[nH]nc1-c1ccnc(-c2cn(CCc3cccc4ccccc34)cn2)c1. The lowest BCUT2D eigenvalue weighted by Gasteiger charge is -2.07. The zero-order chi connectivity index (χ0) is 22.1. The molecule has 1 N–H and O–H groups in total. The van der Waals surface area contributed by atoms with Crippen LogP contribution in [0, 0.1) is 0 Å². The lowest BCUT2D eigenvalue weighted by molar-refractivity contribution is -0.140. The Hall–Kier alpha value is -4.01. The molecule has 0 saturated carbocycles. The maximum absolute atomic E-state index is 13.2. The molecule has 0 radical (unpaired) electrons. The number of imidazole rings is 1. The highest BCUT2D eigenvalue weighted by atomic mass is 19.4. The summed E-state index contributed by atoms with van der Waals surface area (Å²) in [5.41, 5.74) is 1.21. The van der Waals surface area contributed by atoms with E-state index in [0.717, 1.165) is 6.42 Å². The Morgan fingerprint density at radius 3 is 2.62 bits per heavy atom. The minimum Gasteiger partial charge on any atom is -0.336 e. The van der Waals surface area contributed by atoms with Crippen molar-refractivity contribution in [1.29, 1.82) is 0 Å². The van der Waals surface area contributed by atoms with Crippen molar-refractivity contribution in [3.8, 4) is 22.6 Å². The van der Waals surface area contributed by atoms with E-state index in [4.69, 9.17) is 0 Å². The van der Waals surface area contributed by atoms with Crippen LogP contribution in [0.5, 0.6) is 0 Å². The van der Waals surface area contributed by atoms with E-state index in [9.17, 15) is 13.2 Å². The van der Waals surface area contributed by atoms with Crippen molar-refractivity contribution in [3.05, 3.63) is 84.6 Å². The Morgan fingerprint density at radius 1 is 0.906 bits per heavy atom. The topological polar surface area (TPSA) is 72.3 Å². The fourth-order valence-electron chi connectivity index (χ4n) is 3.72. The first-order chi connectivity index (χ1) is 15.5. The molecular weight excluding hydrogens is 417 g/mol. The molecule has 9 heteroatoms. The van der Waals surface area contributed by atoms with Crippen LogP contribution < -0.4 is 0 Å². The molecule has 0 aliphatic heterocycles. The summed E-state index contributed by atoms with van der Waals surface area (Å²) in [6.45, 7) is 0.711. The smallest absolute Gasteiger partial charge is 0.336 e. The van der Waals surface area contributed by atoms with Crippen LogP contribution in [0.25, 0.3) is 33.4 Å². The van der Waals surface area contributed by atoms with E-state index >= 15 is 0 Å². The molecule has 32 heavy (non-hydrogen) atoms. The third-order valence-corrected chi connectivity index (χ3v) is 5.26. The first kappa shape index (κ1) is 19.9. The van der Waals surface area contributed by atoms with Crippen molar-refractivity contribution >= 4 is 10.8 Å². The lowest BCUT2D eigenvalue weighted by Crippen LogP contribution is -2.07. The number of nitrogens with zero attached hydrogens (tertiary/aromatic N) is 5. The molecule has 3 heterocycles. The Balaban J connectivity index is 1.37. The molecule has 0 amide bonds. The summed E-state index contributed by atoms with van der Waals surface area (Å²) < 4.78 is 41.4. The molecule has 3 aromatic heterocycles. The molecule has 6 nitrogen and oxygen atoms in total. The number of nitrogens with one attached hydrogen (secondary N) is 1. The fourth-order valence-corrected chi connectivity index (χ4v) is 3.72. The van der Waals surface area contributed by atoms with Crippen LogP contribution in [-0.2, 0) is 19.1 Å². The highest BCUT2D eigenvalue weighted by molar-refractivity contribution is 5.85. The molecule has 0 fully saturated rings. The van der Waals surface area contributed by atoms with Gasteiger partial charge in [-0.05, 0) is 34.9 Å². The second-order valence-electron chi connectivity index (χ2n) is 7.33. The summed E-state index contributed by atoms with van der Waals surface area (Å²) in [7, 11) is 0. The van der Waals surface area contributed by atoms with Crippen molar-refractivity contribution < 1.29 is 13.2 Å². The average molecular weight is 434 g/mol. The molecule has 0 aliphatic rings. The normalized spacial score (nSPS) is 11.8. The van der Waals surface area contributed by atoms with Crippen LogP contribution in [0.4, 0.5) is 13.2 Å². The first-order valence-corrected chi connectivity index (χ1v) is 9.92. The van der Waals surface area contributed by atoms with Crippen molar-refractivity contribution in [2.75, 3.05) is 0 Å². The standard InChI is InChI=1S/C23H17F3N6/c24-23(25,26)22-21(29-31-30-22)17-8-10-27-19(12-17)20-13-32(14-28-20)11-9-16-6-3-5-15-4-1-2-7-18(15)16/h1-8,10,12-14H,9,11H2,(H,29,30,31). The molecule has 2 aromatic carbocycles. The van der Waals surface area contributed by atoms with Crippen molar-refractivity contribution in [1.82, 2.24) is 29.9 Å². The first-order valence-electron chi connectivity index (χ1n) is 9.92. The minimum absolute atomic E-state index is 0.265. The Morgan fingerprint density at radius 2 is 1.75 bits per heavy atom. The number of alkyl halides is 3. The predicted molar refractivity (Wildman–Crippen MR) is 113 cm³/mol. The average Bonchev–Trinajstić information content (AvgIpc) is 3.48. The summed E-state index contributed by atoms with van der Waals surface area (Å²) >= 11 is 0. The predicted octanol–water partition coefficient (Wildman–Crippen LogP) is 5.14. The largest absolute Gasteiger partial charge is 0.437 e. The third kappa shape index (κ3) is 3.84. The minimum atomic E-state index is -4.60. The summed E-state index contributed by atoms with van der Waals surface area (Å²) in [6.07, 6.45) is 1.19. The maximum atomic E-state index is 13.2. The van der Waals surface area contributed by atoms with Gasteiger partial charge in [-0.3, -0.25) is 4.98 Å². The lowest BCUT2D eigenvalue weighted by atomic mass is 10.0. The summed E-state index contributed by atoms with van der Waals surface area (Å²) in [5, 5.41) is 11.4. The van der Waals surface area contributed by atoms with E-state index in [1.54, 1.807) is 6.33 Å². The van der Waals surface area contributed by atoms with E-state index in [1.165, 1.54) is 34.7 Å². The summed E-state index contributed by atoms with van der Waals surface area (Å²) in [5.74, 6) is 0. The van der Waals surface area contributed by atoms with Crippen molar-refractivity contribution in [2.45, 2.75) is 19.1 Å². The van der Waals surface area contributed by atoms with Gasteiger partial charge in [-0.1, -0.05) is 42.5 Å². The molecule has 160 valence electrons. The number of pyridine rings is 1. The monoisotopic (exact) mass is 434 g/mol. The van der Waals surface area contributed by atoms with Crippen LogP contribution >= 0.6 is 0 Å². The number of hydrogen-bond acceptors (Lipinski definition) is 4. The number of aromatic nitrogens is 6. The van der Waals surface area contributed by atoms with Gasteiger partial charge in [0.2, 0.25) is 0 Å². The zero-order valence-corrected chi connectivity index (χ0v) is 16.7. The zero-order valence-electron chi connectivity index (χ0n) is 16.7. The van der Waals surface area contributed by atoms with E-state index in [-0.39, 0.29) is 11.3 Å². The number of rotatable bonds is 5. The van der Waals surface area contributed by atoms with Gasteiger partial charge in [-0.15, -0.1) is 0 Å². The van der Waals surface area contributed by atoms with E-state index in [2.05, 4.69) is 49.6 Å². The quantitative estimate of drug-likeness (QED) is 0.416. The van der Waals surface area contributed by atoms with Crippen LogP contribution in [0.3, 0.4) is 0 Å². The van der Waals surface area contributed by atoms with Crippen LogP contribution in [0.1, 0.15) is 11.3 Å². The highest BCUT2D eigenvalue weighted by Gasteiger charge is 2.38. The van der Waals surface area contributed by atoms with Gasteiger partial charge in [0.25, 0.3) is 0 Å². The Kier molecular flexibility index (Phi) is 4.93. The van der Waals surface area contributed by atoms with Crippen LogP contribution in [0.2, 0.25) is 0 Å². The molecular formula is C23H17F3N6. The second kappa shape index (κ2) is 7.92.